The molecule has 1 aromatic heterocycles. The van der Waals surface area contributed by atoms with Gasteiger partial charge in [0.05, 0.1) is 6.54 Å². The predicted molar refractivity (Wildman–Crippen MR) is 107 cm³/mol. The van der Waals surface area contributed by atoms with Crippen molar-refractivity contribution in [3.05, 3.63) is 58.4 Å². The average Bonchev–Trinajstić information content (AvgIpc) is 3.00. The SMILES string of the molecule is Cc1cc(C(=O)CN2CCN(C(=O)c3ccc(C(C)C)cc3)CC2)c(C)[nH]1. The number of carbonyl (C=O) groups is 2. The largest absolute Gasteiger partial charge is 0.362 e. The lowest BCUT2D eigenvalue weighted by atomic mass is 10.0. The number of nitrogens with one attached hydrogen (secondary N) is 1. The molecule has 1 aromatic carbocycles. The van der Waals surface area contributed by atoms with Gasteiger partial charge in [-0.05, 0) is 43.5 Å². The van der Waals surface area contributed by atoms with Gasteiger partial charge in [0.1, 0.15) is 0 Å². The fraction of sp³-hybridized carbons (Fsp3) is 0.455. The van der Waals surface area contributed by atoms with Gasteiger partial charge in [-0.2, -0.15) is 0 Å². The van der Waals surface area contributed by atoms with Crippen molar-refractivity contribution in [1.29, 1.82) is 0 Å². The molecule has 0 spiro atoms. The van der Waals surface area contributed by atoms with Crippen LogP contribution in [-0.4, -0.2) is 59.2 Å². The maximum atomic E-state index is 12.7. The highest BCUT2D eigenvalue weighted by Gasteiger charge is 2.24. The average molecular weight is 367 g/mol. The highest BCUT2D eigenvalue weighted by molar-refractivity contribution is 5.99. The van der Waals surface area contributed by atoms with E-state index in [0.29, 0.717) is 25.6 Å². The van der Waals surface area contributed by atoms with E-state index in [-0.39, 0.29) is 11.7 Å². The standard InChI is InChI=1S/C22H29N3O2/c1-15(2)18-5-7-19(8-6-18)22(27)25-11-9-24(10-12-25)14-21(26)20-13-16(3)23-17(20)4/h5-8,13,15,23H,9-12,14H2,1-4H3. The van der Waals surface area contributed by atoms with Crippen molar-refractivity contribution >= 4 is 11.7 Å². The van der Waals surface area contributed by atoms with Crippen LogP contribution >= 0.6 is 0 Å². The van der Waals surface area contributed by atoms with Crippen molar-refractivity contribution in [3.8, 4) is 0 Å². The van der Waals surface area contributed by atoms with Crippen molar-refractivity contribution in [2.24, 2.45) is 0 Å². The van der Waals surface area contributed by atoms with Crippen LogP contribution in [0, 0.1) is 13.8 Å². The minimum Gasteiger partial charge on any atom is -0.362 e. The maximum Gasteiger partial charge on any atom is 0.253 e. The van der Waals surface area contributed by atoms with Crippen LogP contribution in [0.5, 0.6) is 0 Å². The van der Waals surface area contributed by atoms with Crippen LogP contribution in [0.1, 0.15) is 57.4 Å². The molecular weight excluding hydrogens is 338 g/mol. The van der Waals surface area contributed by atoms with Crippen molar-refractivity contribution in [2.75, 3.05) is 32.7 Å². The van der Waals surface area contributed by atoms with E-state index >= 15 is 0 Å². The molecule has 1 aliphatic heterocycles. The van der Waals surface area contributed by atoms with Crippen LogP contribution in [0.3, 0.4) is 0 Å². The van der Waals surface area contributed by atoms with Crippen LogP contribution < -0.4 is 0 Å². The fourth-order valence-electron chi connectivity index (χ4n) is 3.60. The number of aryl methyl sites for hydroxylation is 2. The number of ketones is 1. The second-order valence-electron chi connectivity index (χ2n) is 7.76. The molecule has 3 rings (SSSR count). The summed E-state index contributed by atoms with van der Waals surface area (Å²) >= 11 is 0. The van der Waals surface area contributed by atoms with Gasteiger partial charge in [0.2, 0.25) is 0 Å². The zero-order valence-corrected chi connectivity index (χ0v) is 16.7. The topological polar surface area (TPSA) is 56.4 Å². The summed E-state index contributed by atoms with van der Waals surface area (Å²) < 4.78 is 0. The minimum absolute atomic E-state index is 0.0772. The van der Waals surface area contributed by atoms with E-state index in [1.165, 1.54) is 5.56 Å². The summed E-state index contributed by atoms with van der Waals surface area (Å²) in [4.78, 5) is 32.4. The molecule has 0 unspecified atom stereocenters. The molecule has 1 saturated heterocycles. The van der Waals surface area contributed by atoms with E-state index in [4.69, 9.17) is 0 Å². The second kappa shape index (κ2) is 8.09. The molecule has 0 aliphatic carbocycles. The van der Waals surface area contributed by atoms with E-state index in [1.54, 1.807) is 0 Å². The number of hydrogen-bond acceptors (Lipinski definition) is 3. The number of aromatic amines is 1. The molecule has 144 valence electrons. The van der Waals surface area contributed by atoms with Crippen LogP contribution in [0.15, 0.2) is 30.3 Å². The Morgan fingerprint density at radius 1 is 1.04 bits per heavy atom. The molecular formula is C22H29N3O2. The summed E-state index contributed by atoms with van der Waals surface area (Å²) in [6.07, 6.45) is 0. The molecule has 0 saturated carbocycles. The summed E-state index contributed by atoms with van der Waals surface area (Å²) in [6.45, 7) is 11.4. The monoisotopic (exact) mass is 367 g/mol. The van der Waals surface area contributed by atoms with Gasteiger partial charge in [0, 0.05) is 48.7 Å². The molecule has 0 atom stereocenters. The van der Waals surface area contributed by atoms with Crippen LogP contribution in [0.4, 0.5) is 0 Å². The summed E-state index contributed by atoms with van der Waals surface area (Å²) in [5.41, 5.74) is 4.69. The predicted octanol–water partition coefficient (Wildman–Crippen LogP) is 3.40. The Balaban J connectivity index is 1.54. The first-order valence-corrected chi connectivity index (χ1v) is 9.66. The number of hydrogen-bond donors (Lipinski definition) is 1. The Labute approximate surface area is 161 Å². The number of rotatable bonds is 5. The molecule has 5 nitrogen and oxygen atoms in total. The van der Waals surface area contributed by atoms with Crippen molar-refractivity contribution in [2.45, 2.75) is 33.6 Å². The van der Waals surface area contributed by atoms with E-state index in [2.05, 4.69) is 23.7 Å². The Hall–Kier alpha value is -2.40. The quantitative estimate of drug-likeness (QED) is 0.824. The molecule has 1 fully saturated rings. The lowest BCUT2D eigenvalue weighted by Crippen LogP contribution is -2.49. The van der Waals surface area contributed by atoms with Gasteiger partial charge in [-0.3, -0.25) is 14.5 Å². The van der Waals surface area contributed by atoms with Crippen molar-refractivity contribution < 1.29 is 9.59 Å². The number of Topliss-reactive ketones (excluding diaryl/α,β-unsaturated/α-hetero) is 1. The molecule has 5 heteroatoms. The highest BCUT2D eigenvalue weighted by atomic mass is 16.2. The molecule has 1 aliphatic rings. The van der Waals surface area contributed by atoms with Crippen molar-refractivity contribution in [3.63, 3.8) is 0 Å². The van der Waals surface area contributed by atoms with Gasteiger partial charge in [0.25, 0.3) is 5.91 Å². The Morgan fingerprint density at radius 3 is 2.19 bits per heavy atom. The molecule has 1 N–H and O–H groups in total. The maximum absolute atomic E-state index is 12.7. The highest BCUT2D eigenvalue weighted by Crippen LogP contribution is 2.17. The lowest BCUT2D eigenvalue weighted by Gasteiger charge is -2.34. The van der Waals surface area contributed by atoms with E-state index < -0.39 is 0 Å². The smallest absolute Gasteiger partial charge is 0.253 e. The van der Waals surface area contributed by atoms with Crippen molar-refractivity contribution in [1.82, 2.24) is 14.8 Å². The number of aromatic nitrogens is 1. The second-order valence-corrected chi connectivity index (χ2v) is 7.76. The Kier molecular flexibility index (Phi) is 5.80. The third-order valence-corrected chi connectivity index (χ3v) is 5.30. The molecule has 2 aromatic rings. The molecule has 27 heavy (non-hydrogen) atoms. The zero-order valence-electron chi connectivity index (χ0n) is 16.7. The summed E-state index contributed by atoms with van der Waals surface area (Å²) in [7, 11) is 0. The van der Waals surface area contributed by atoms with E-state index in [1.807, 2.05) is 49.1 Å². The van der Waals surface area contributed by atoms with E-state index in [0.717, 1.165) is 35.6 Å². The first-order valence-electron chi connectivity index (χ1n) is 9.66. The third-order valence-electron chi connectivity index (χ3n) is 5.30. The van der Waals surface area contributed by atoms with Crippen LogP contribution in [0.25, 0.3) is 0 Å². The summed E-state index contributed by atoms with van der Waals surface area (Å²) in [5, 5.41) is 0. The summed E-state index contributed by atoms with van der Waals surface area (Å²) in [6, 6.07) is 9.83. The molecule has 2 heterocycles. The Morgan fingerprint density at radius 2 is 1.67 bits per heavy atom. The Bertz CT molecular complexity index is 813. The number of piperazine rings is 1. The first-order chi connectivity index (χ1) is 12.8. The molecule has 1 amide bonds. The van der Waals surface area contributed by atoms with Gasteiger partial charge in [0.15, 0.2) is 5.78 Å². The molecule has 0 radical (unpaired) electrons. The number of H-pyrrole nitrogens is 1. The van der Waals surface area contributed by atoms with Gasteiger partial charge in [-0.25, -0.2) is 0 Å². The number of carbonyl (C=O) groups excluding carboxylic acids is 2. The van der Waals surface area contributed by atoms with Gasteiger partial charge in [-0.1, -0.05) is 26.0 Å². The molecule has 0 bridgehead atoms. The number of amides is 1. The minimum atomic E-state index is 0.0772. The normalized spacial score (nSPS) is 15.4. The lowest BCUT2D eigenvalue weighted by molar-refractivity contribution is 0.0624. The first kappa shape index (κ1) is 19.4. The number of benzene rings is 1. The third kappa shape index (κ3) is 4.48. The van der Waals surface area contributed by atoms with Gasteiger partial charge in [-0.15, -0.1) is 0 Å². The fourth-order valence-corrected chi connectivity index (χ4v) is 3.60. The van der Waals surface area contributed by atoms with Gasteiger partial charge >= 0.3 is 0 Å². The van der Waals surface area contributed by atoms with E-state index in [9.17, 15) is 9.59 Å². The zero-order chi connectivity index (χ0) is 19.6. The van der Waals surface area contributed by atoms with Crippen LogP contribution in [0.2, 0.25) is 0 Å². The van der Waals surface area contributed by atoms with Gasteiger partial charge < -0.3 is 9.88 Å². The van der Waals surface area contributed by atoms with Crippen LogP contribution in [-0.2, 0) is 0 Å². The summed E-state index contributed by atoms with van der Waals surface area (Å²) in [5.74, 6) is 0.678. The number of nitrogens with zero attached hydrogens (tertiary/aromatic N) is 2.